The number of aliphatic hydroxyl groups excluding tert-OH is 1. The Morgan fingerprint density at radius 2 is 1.92 bits per heavy atom. The van der Waals surface area contributed by atoms with Gasteiger partial charge in [0.05, 0.1) is 0 Å². The number of benzene rings is 1. The van der Waals surface area contributed by atoms with Crippen LogP contribution in [-0.2, 0) is 4.79 Å². The normalized spacial score (nSPS) is 14.1. The number of carbonyl (C=O) groups is 1. The highest BCUT2D eigenvalue weighted by Gasteiger charge is 2.13. The summed E-state index contributed by atoms with van der Waals surface area (Å²) >= 11 is 0. The van der Waals surface area contributed by atoms with Crippen LogP contribution in [-0.4, -0.2) is 28.9 Å². The minimum absolute atomic E-state index is 0.295. The molecule has 5 heteroatoms. The van der Waals surface area contributed by atoms with Gasteiger partial charge in [-0.3, -0.25) is 4.99 Å². The Kier molecular flexibility index (Phi) is 8.22. The molecule has 0 aliphatic heterocycles. The van der Waals surface area contributed by atoms with E-state index >= 15 is 0 Å². The number of nitrogens with zero attached hydrogens (tertiary/aromatic N) is 1. The number of aliphatic carboxylic acids is 1. The van der Waals surface area contributed by atoms with E-state index in [0.29, 0.717) is 28.8 Å². The van der Waals surface area contributed by atoms with Gasteiger partial charge < -0.3 is 10.2 Å². The summed E-state index contributed by atoms with van der Waals surface area (Å²) in [6.45, 7) is 9.59. The Morgan fingerprint density at radius 3 is 2.46 bits per heavy atom. The molecule has 0 amide bonds. The second kappa shape index (κ2) is 10.1. The van der Waals surface area contributed by atoms with Gasteiger partial charge in [0.25, 0.3) is 0 Å². The number of halogens is 1. The van der Waals surface area contributed by atoms with Crippen LogP contribution in [0.2, 0.25) is 0 Å². The summed E-state index contributed by atoms with van der Waals surface area (Å²) < 4.78 is 14.1. The van der Waals surface area contributed by atoms with Crippen LogP contribution >= 0.6 is 0 Å². The number of aliphatic hydroxyl groups is 1. The highest BCUT2D eigenvalue weighted by atomic mass is 19.1. The molecule has 0 heterocycles. The van der Waals surface area contributed by atoms with Crippen molar-refractivity contribution in [3.8, 4) is 0 Å². The number of carboxylic acid groups (broad SMARTS) is 1. The molecule has 0 radical (unpaired) electrons. The quantitative estimate of drug-likeness (QED) is 0.294. The molecule has 0 saturated carbocycles. The Labute approximate surface area is 153 Å². The molecule has 1 aromatic rings. The average Bonchev–Trinajstić information content (AvgIpc) is 2.60. The molecule has 2 N–H and O–H groups in total. The van der Waals surface area contributed by atoms with Gasteiger partial charge in [0, 0.05) is 18.3 Å². The fourth-order valence-corrected chi connectivity index (χ4v) is 2.26. The largest absolute Gasteiger partial charge is 0.507 e. The van der Waals surface area contributed by atoms with Crippen molar-refractivity contribution in [1.82, 2.24) is 0 Å². The minimum Gasteiger partial charge on any atom is -0.507 e. The van der Waals surface area contributed by atoms with Crippen LogP contribution in [0.25, 0.3) is 5.57 Å². The summed E-state index contributed by atoms with van der Waals surface area (Å²) in [5.41, 5.74) is 1.92. The molecule has 0 atom stereocenters. The number of aliphatic imine (C=N–C) groups is 1. The molecule has 0 saturated heterocycles. The molecule has 1 aromatic carbocycles. The SMILES string of the molecule is C=C/C(=C(C)/C(C)=C/C(O)=C(\C=NCCC)C(=O)O)c1ccccc1F. The summed E-state index contributed by atoms with van der Waals surface area (Å²) in [4.78, 5) is 15.3. The lowest BCUT2D eigenvalue weighted by atomic mass is 9.95. The number of rotatable bonds is 8. The predicted molar refractivity (Wildman–Crippen MR) is 104 cm³/mol. The lowest BCUT2D eigenvalue weighted by Crippen LogP contribution is -2.06. The van der Waals surface area contributed by atoms with Crippen LogP contribution in [0.5, 0.6) is 0 Å². The van der Waals surface area contributed by atoms with Crippen molar-refractivity contribution in [2.24, 2.45) is 4.99 Å². The van der Waals surface area contributed by atoms with E-state index in [4.69, 9.17) is 0 Å². The van der Waals surface area contributed by atoms with E-state index in [1.807, 2.05) is 6.92 Å². The van der Waals surface area contributed by atoms with Crippen LogP contribution in [0.1, 0.15) is 32.8 Å². The van der Waals surface area contributed by atoms with E-state index in [9.17, 15) is 19.4 Å². The van der Waals surface area contributed by atoms with Crippen molar-refractivity contribution in [2.75, 3.05) is 6.54 Å². The molecule has 0 spiro atoms. The van der Waals surface area contributed by atoms with Gasteiger partial charge in [0.15, 0.2) is 0 Å². The zero-order valence-electron chi connectivity index (χ0n) is 15.3. The van der Waals surface area contributed by atoms with Gasteiger partial charge in [-0.2, -0.15) is 0 Å². The van der Waals surface area contributed by atoms with Crippen LogP contribution in [0, 0.1) is 5.82 Å². The minimum atomic E-state index is -1.27. The zero-order chi connectivity index (χ0) is 19.7. The van der Waals surface area contributed by atoms with Gasteiger partial charge >= 0.3 is 5.97 Å². The van der Waals surface area contributed by atoms with Crippen LogP contribution < -0.4 is 0 Å². The number of hydrogen-bond acceptors (Lipinski definition) is 3. The zero-order valence-corrected chi connectivity index (χ0v) is 15.3. The Morgan fingerprint density at radius 1 is 1.27 bits per heavy atom. The van der Waals surface area contributed by atoms with Gasteiger partial charge in [-0.25, -0.2) is 9.18 Å². The summed E-state index contributed by atoms with van der Waals surface area (Å²) in [5, 5.41) is 19.4. The van der Waals surface area contributed by atoms with E-state index in [1.165, 1.54) is 18.2 Å². The van der Waals surface area contributed by atoms with Crippen molar-refractivity contribution in [1.29, 1.82) is 0 Å². The smallest absolute Gasteiger partial charge is 0.341 e. The number of allylic oxidation sites excluding steroid dienone is 5. The lowest BCUT2D eigenvalue weighted by molar-refractivity contribution is -0.132. The van der Waals surface area contributed by atoms with Gasteiger partial charge in [-0.1, -0.05) is 37.8 Å². The molecule has 4 nitrogen and oxygen atoms in total. The molecule has 0 fully saturated rings. The summed E-state index contributed by atoms with van der Waals surface area (Å²) in [6.07, 6.45) is 4.79. The average molecular weight is 357 g/mol. The van der Waals surface area contributed by atoms with E-state index in [0.717, 1.165) is 12.6 Å². The second-order valence-electron chi connectivity index (χ2n) is 5.69. The fraction of sp³-hybridized carbons (Fsp3) is 0.238. The third-order valence-corrected chi connectivity index (χ3v) is 3.80. The van der Waals surface area contributed by atoms with Gasteiger partial charge in [-0.15, -0.1) is 0 Å². The Bertz CT molecular complexity index is 801. The Hall–Kier alpha value is -2.95. The first-order chi connectivity index (χ1) is 12.3. The highest BCUT2D eigenvalue weighted by molar-refractivity contribution is 6.09. The molecule has 26 heavy (non-hydrogen) atoms. The summed E-state index contributed by atoms with van der Waals surface area (Å²) in [7, 11) is 0. The molecule has 1 rings (SSSR count). The van der Waals surface area contributed by atoms with E-state index in [2.05, 4.69) is 11.6 Å². The first kappa shape index (κ1) is 21.1. The molecular weight excluding hydrogens is 333 g/mol. The molecular formula is C21H24FNO3. The maximum Gasteiger partial charge on any atom is 0.341 e. The van der Waals surface area contributed by atoms with Gasteiger partial charge in [-0.05, 0) is 49.1 Å². The lowest BCUT2D eigenvalue weighted by Gasteiger charge is -2.11. The van der Waals surface area contributed by atoms with E-state index in [-0.39, 0.29) is 11.4 Å². The van der Waals surface area contributed by atoms with E-state index in [1.54, 1.807) is 32.0 Å². The van der Waals surface area contributed by atoms with Gasteiger partial charge in [0.1, 0.15) is 17.1 Å². The molecule has 0 bridgehead atoms. The number of hydrogen-bond donors (Lipinski definition) is 2. The Balaban J connectivity index is 3.39. The highest BCUT2D eigenvalue weighted by Crippen LogP contribution is 2.27. The van der Waals surface area contributed by atoms with Crippen LogP contribution in [0.15, 0.2) is 70.5 Å². The van der Waals surface area contributed by atoms with Crippen LogP contribution in [0.3, 0.4) is 0 Å². The van der Waals surface area contributed by atoms with Crippen molar-refractivity contribution >= 4 is 17.8 Å². The third kappa shape index (κ3) is 5.55. The van der Waals surface area contributed by atoms with Crippen LogP contribution in [0.4, 0.5) is 4.39 Å². The van der Waals surface area contributed by atoms with Crippen molar-refractivity contribution in [3.63, 3.8) is 0 Å². The maximum atomic E-state index is 14.1. The maximum absolute atomic E-state index is 14.1. The molecule has 0 aromatic heterocycles. The molecule has 138 valence electrons. The van der Waals surface area contributed by atoms with Crippen molar-refractivity contribution in [2.45, 2.75) is 27.2 Å². The standard InChI is InChI=1S/C21H24FNO3/c1-5-11-23-13-18(21(25)26)20(24)12-14(3)15(4)16(6-2)17-9-7-8-10-19(17)22/h6-10,12-13,24H,2,5,11H2,1,3-4H3,(H,25,26)/b14-12+,16-15-,20-18-,23-13?. The topological polar surface area (TPSA) is 69.9 Å². The van der Waals surface area contributed by atoms with E-state index < -0.39 is 11.7 Å². The molecule has 0 unspecified atom stereocenters. The monoisotopic (exact) mass is 357 g/mol. The predicted octanol–water partition coefficient (Wildman–Crippen LogP) is 5.11. The van der Waals surface area contributed by atoms with Crippen molar-refractivity contribution < 1.29 is 19.4 Å². The third-order valence-electron chi connectivity index (χ3n) is 3.80. The molecule has 0 aliphatic rings. The summed E-state index contributed by atoms with van der Waals surface area (Å²) in [6, 6.07) is 6.31. The van der Waals surface area contributed by atoms with Crippen molar-refractivity contribution in [3.05, 3.63) is 76.9 Å². The summed E-state index contributed by atoms with van der Waals surface area (Å²) in [5.74, 6) is -2.07. The fourth-order valence-electron chi connectivity index (χ4n) is 2.26. The number of carboxylic acids is 1. The second-order valence-corrected chi connectivity index (χ2v) is 5.69. The first-order valence-electron chi connectivity index (χ1n) is 8.26. The first-order valence-corrected chi connectivity index (χ1v) is 8.26. The molecule has 0 aliphatic carbocycles. The van der Waals surface area contributed by atoms with Gasteiger partial charge in [0.2, 0.25) is 0 Å².